The number of hydrogen-bond donors (Lipinski definition) is 1. The fraction of sp³-hybridized carbons (Fsp3) is 0.818. The largest absolute Gasteiger partial charge is 0.458 e. The number of rotatable bonds is 2. The molecule has 84 valence electrons. The second kappa shape index (κ2) is 2.54. The number of carbonyl (C=O) groups excluding carboxylic acids is 2. The highest BCUT2D eigenvalue weighted by Gasteiger charge is 2.72. The van der Waals surface area contributed by atoms with E-state index in [0.29, 0.717) is 6.42 Å². The molecule has 1 heterocycles. The SMILES string of the molecule is CC12CCC(CC(N)=O)(C(=O)O1)C2(C)C. The number of esters is 1. The minimum Gasteiger partial charge on any atom is -0.458 e. The van der Waals surface area contributed by atoms with Crippen LogP contribution in [-0.4, -0.2) is 17.5 Å². The minimum absolute atomic E-state index is 0.106. The fourth-order valence-electron chi connectivity index (χ4n) is 3.10. The Morgan fingerprint density at radius 1 is 1.40 bits per heavy atom. The summed E-state index contributed by atoms with van der Waals surface area (Å²) in [6, 6.07) is 0. The van der Waals surface area contributed by atoms with Crippen molar-refractivity contribution in [3.05, 3.63) is 0 Å². The molecular formula is C11H17NO3. The van der Waals surface area contributed by atoms with Gasteiger partial charge in [-0.25, -0.2) is 0 Å². The van der Waals surface area contributed by atoms with Gasteiger partial charge in [0.2, 0.25) is 5.91 Å². The maximum Gasteiger partial charge on any atom is 0.313 e. The Bertz CT molecular complexity index is 350. The molecule has 1 aliphatic carbocycles. The molecule has 2 rings (SSSR count). The van der Waals surface area contributed by atoms with Gasteiger partial charge in [-0.05, 0) is 19.8 Å². The van der Waals surface area contributed by atoms with Crippen LogP contribution in [0.15, 0.2) is 0 Å². The Morgan fingerprint density at radius 3 is 2.33 bits per heavy atom. The van der Waals surface area contributed by atoms with E-state index in [2.05, 4.69) is 0 Å². The summed E-state index contributed by atoms with van der Waals surface area (Å²) in [6.07, 6.45) is 1.63. The number of carbonyl (C=O) groups is 2. The van der Waals surface area contributed by atoms with Crippen LogP contribution < -0.4 is 5.73 Å². The maximum atomic E-state index is 11.9. The number of hydrogen-bond acceptors (Lipinski definition) is 3. The van der Waals surface area contributed by atoms with Crippen molar-refractivity contribution >= 4 is 11.9 Å². The maximum absolute atomic E-state index is 11.9. The third kappa shape index (κ3) is 0.971. The van der Waals surface area contributed by atoms with Gasteiger partial charge in [0.25, 0.3) is 0 Å². The average molecular weight is 211 g/mol. The zero-order valence-corrected chi connectivity index (χ0v) is 9.42. The van der Waals surface area contributed by atoms with Crippen molar-refractivity contribution in [2.75, 3.05) is 0 Å². The minimum atomic E-state index is -0.687. The van der Waals surface area contributed by atoms with Gasteiger partial charge in [-0.15, -0.1) is 0 Å². The number of fused-ring (bicyclic) bond motifs is 2. The summed E-state index contributed by atoms with van der Waals surface area (Å²) in [5.74, 6) is -0.675. The van der Waals surface area contributed by atoms with Crippen LogP contribution in [0, 0.1) is 10.8 Å². The summed E-state index contributed by atoms with van der Waals surface area (Å²) < 4.78 is 5.42. The molecule has 0 radical (unpaired) electrons. The fourth-order valence-corrected chi connectivity index (χ4v) is 3.10. The van der Waals surface area contributed by atoms with E-state index < -0.39 is 16.9 Å². The first kappa shape index (κ1) is 10.5. The monoisotopic (exact) mass is 211 g/mol. The molecule has 2 bridgehead atoms. The lowest BCUT2D eigenvalue weighted by Gasteiger charge is -2.35. The first-order valence-electron chi connectivity index (χ1n) is 5.27. The molecule has 0 aromatic rings. The Balaban J connectivity index is 2.47. The Labute approximate surface area is 89.2 Å². The van der Waals surface area contributed by atoms with Gasteiger partial charge in [0.1, 0.15) is 5.60 Å². The molecule has 2 atom stereocenters. The van der Waals surface area contributed by atoms with Crippen molar-refractivity contribution in [3.63, 3.8) is 0 Å². The van der Waals surface area contributed by atoms with E-state index in [9.17, 15) is 9.59 Å². The summed E-state index contributed by atoms with van der Waals surface area (Å²) in [7, 11) is 0. The van der Waals surface area contributed by atoms with Gasteiger partial charge in [-0.2, -0.15) is 0 Å². The molecule has 15 heavy (non-hydrogen) atoms. The summed E-state index contributed by atoms with van der Waals surface area (Å²) >= 11 is 0. The number of nitrogens with two attached hydrogens (primary N) is 1. The molecular weight excluding hydrogens is 194 g/mol. The quantitative estimate of drug-likeness (QED) is 0.692. The van der Waals surface area contributed by atoms with Crippen LogP contribution in [0.2, 0.25) is 0 Å². The third-order valence-corrected chi connectivity index (χ3v) is 4.73. The highest BCUT2D eigenvalue weighted by molar-refractivity contribution is 5.89. The second-order valence-corrected chi connectivity index (χ2v) is 5.47. The molecule has 4 heteroatoms. The van der Waals surface area contributed by atoms with Crippen molar-refractivity contribution in [2.45, 2.75) is 45.6 Å². The normalized spacial score (nSPS) is 41.7. The molecule has 1 saturated carbocycles. The Hall–Kier alpha value is -1.06. The van der Waals surface area contributed by atoms with Crippen molar-refractivity contribution < 1.29 is 14.3 Å². The lowest BCUT2D eigenvalue weighted by atomic mass is 9.64. The predicted molar refractivity (Wildman–Crippen MR) is 53.8 cm³/mol. The van der Waals surface area contributed by atoms with Crippen LogP contribution in [0.1, 0.15) is 40.0 Å². The molecule has 1 aliphatic heterocycles. The van der Waals surface area contributed by atoms with Crippen LogP contribution in [0.4, 0.5) is 0 Å². The topological polar surface area (TPSA) is 69.4 Å². The summed E-state index contributed by atoms with van der Waals surface area (Å²) in [5, 5.41) is 0. The van der Waals surface area contributed by atoms with E-state index in [1.165, 1.54) is 0 Å². The summed E-state index contributed by atoms with van der Waals surface area (Å²) in [6.45, 7) is 5.93. The smallest absolute Gasteiger partial charge is 0.313 e. The molecule has 2 fully saturated rings. The lowest BCUT2D eigenvalue weighted by Crippen LogP contribution is -2.42. The van der Waals surface area contributed by atoms with E-state index >= 15 is 0 Å². The molecule has 2 aliphatic rings. The van der Waals surface area contributed by atoms with Gasteiger partial charge in [-0.3, -0.25) is 9.59 Å². The van der Waals surface area contributed by atoms with Gasteiger partial charge in [0, 0.05) is 11.8 Å². The van der Waals surface area contributed by atoms with Crippen LogP contribution in [0.5, 0.6) is 0 Å². The average Bonchev–Trinajstić information content (AvgIpc) is 2.32. The summed E-state index contributed by atoms with van der Waals surface area (Å²) in [5.41, 5.74) is 3.80. The highest BCUT2D eigenvalue weighted by atomic mass is 16.6. The van der Waals surface area contributed by atoms with E-state index in [1.807, 2.05) is 20.8 Å². The Kier molecular flexibility index (Phi) is 1.77. The van der Waals surface area contributed by atoms with Gasteiger partial charge >= 0.3 is 5.97 Å². The van der Waals surface area contributed by atoms with Gasteiger partial charge in [0.15, 0.2) is 0 Å². The number of amides is 1. The van der Waals surface area contributed by atoms with Crippen molar-refractivity contribution in [3.8, 4) is 0 Å². The van der Waals surface area contributed by atoms with Gasteiger partial charge in [-0.1, -0.05) is 13.8 Å². The van der Waals surface area contributed by atoms with Crippen LogP contribution in [-0.2, 0) is 14.3 Å². The lowest BCUT2D eigenvalue weighted by molar-refractivity contribution is -0.160. The molecule has 2 unspecified atom stereocenters. The van der Waals surface area contributed by atoms with E-state index in [4.69, 9.17) is 10.5 Å². The zero-order valence-electron chi connectivity index (χ0n) is 9.42. The molecule has 0 aromatic heterocycles. The van der Waals surface area contributed by atoms with Gasteiger partial charge < -0.3 is 10.5 Å². The molecule has 4 nitrogen and oxygen atoms in total. The number of primary amides is 1. The molecule has 0 aromatic carbocycles. The zero-order chi connectivity index (χ0) is 11.5. The first-order chi connectivity index (χ1) is 6.75. The standard InChI is InChI=1S/C11H17NO3/c1-9(2)10(3)4-5-11(9,6-7(12)13)8(14)15-10/h4-6H2,1-3H3,(H2,12,13). The van der Waals surface area contributed by atoms with Gasteiger partial charge in [0.05, 0.1) is 5.41 Å². The third-order valence-electron chi connectivity index (χ3n) is 4.73. The number of ether oxygens (including phenoxy) is 1. The Morgan fingerprint density at radius 2 is 2.00 bits per heavy atom. The van der Waals surface area contributed by atoms with Crippen molar-refractivity contribution in [2.24, 2.45) is 16.6 Å². The van der Waals surface area contributed by atoms with E-state index in [-0.39, 0.29) is 17.8 Å². The molecule has 1 amide bonds. The van der Waals surface area contributed by atoms with Crippen LogP contribution >= 0.6 is 0 Å². The van der Waals surface area contributed by atoms with Crippen LogP contribution in [0.3, 0.4) is 0 Å². The van der Waals surface area contributed by atoms with Crippen LogP contribution in [0.25, 0.3) is 0 Å². The van der Waals surface area contributed by atoms with E-state index in [0.717, 1.165) is 6.42 Å². The van der Waals surface area contributed by atoms with E-state index in [1.54, 1.807) is 0 Å². The van der Waals surface area contributed by atoms with Crippen molar-refractivity contribution in [1.29, 1.82) is 0 Å². The molecule has 1 saturated heterocycles. The second-order valence-electron chi connectivity index (χ2n) is 5.47. The predicted octanol–water partition coefficient (Wildman–Crippen LogP) is 0.984. The first-order valence-corrected chi connectivity index (χ1v) is 5.27. The van der Waals surface area contributed by atoms with Crippen molar-refractivity contribution in [1.82, 2.24) is 0 Å². The molecule has 2 N–H and O–H groups in total. The molecule has 0 spiro atoms. The summed E-state index contributed by atoms with van der Waals surface area (Å²) in [4.78, 5) is 23.0. The highest BCUT2D eigenvalue weighted by Crippen LogP contribution is 2.66.